The summed E-state index contributed by atoms with van der Waals surface area (Å²) in [6, 6.07) is 7.58. The molecule has 1 aliphatic rings. The maximum absolute atomic E-state index is 13.1. The van der Waals surface area contributed by atoms with E-state index in [4.69, 9.17) is 15.0 Å². The normalized spacial score (nSPS) is 20.2. The van der Waals surface area contributed by atoms with Gasteiger partial charge in [-0.3, -0.25) is 14.5 Å². The van der Waals surface area contributed by atoms with Gasteiger partial charge in [0, 0.05) is 11.8 Å². The van der Waals surface area contributed by atoms with E-state index in [1.54, 1.807) is 6.07 Å². The molecule has 2 aromatic heterocycles. The molecule has 2 amide bonds. The summed E-state index contributed by atoms with van der Waals surface area (Å²) in [5.41, 5.74) is 2.91. The van der Waals surface area contributed by atoms with Crippen LogP contribution in [0.4, 0.5) is 30.5 Å². The van der Waals surface area contributed by atoms with Crippen LogP contribution in [0, 0.1) is 0 Å². The van der Waals surface area contributed by atoms with Gasteiger partial charge in [0.1, 0.15) is 11.5 Å². The molecule has 2 atom stereocenters. The van der Waals surface area contributed by atoms with Crippen molar-refractivity contribution in [3.63, 3.8) is 0 Å². The second-order valence-corrected chi connectivity index (χ2v) is 7.46. The number of hydrogen-bond acceptors (Lipinski definition) is 8. The molecule has 0 radical (unpaired) electrons. The minimum Gasteiger partial charge on any atom is -0.380 e. The van der Waals surface area contributed by atoms with Crippen LogP contribution in [0.15, 0.2) is 40.9 Å². The zero-order valence-electron chi connectivity index (χ0n) is 17.1. The Hall–Kier alpha value is -3.71. The molecular formula is C20H18F3N5O5. The topological polar surface area (TPSA) is 144 Å². The molecule has 0 spiro atoms. The van der Waals surface area contributed by atoms with Gasteiger partial charge in [-0.1, -0.05) is 11.2 Å². The van der Waals surface area contributed by atoms with Crippen molar-refractivity contribution in [1.82, 2.24) is 10.1 Å². The quantitative estimate of drug-likeness (QED) is 0.530. The number of hydrogen-bond donors (Lipinski definition) is 3. The number of aromatic nitrogens is 2. The predicted molar refractivity (Wildman–Crippen MR) is 109 cm³/mol. The number of rotatable bonds is 4. The van der Waals surface area contributed by atoms with Gasteiger partial charge >= 0.3 is 6.18 Å². The smallest absolute Gasteiger partial charge is 0.380 e. The van der Waals surface area contributed by atoms with E-state index in [1.807, 2.05) is 0 Å². The maximum atomic E-state index is 13.1. The number of nitrogens with two attached hydrogens (primary N) is 1. The zero-order valence-corrected chi connectivity index (χ0v) is 17.1. The summed E-state index contributed by atoms with van der Waals surface area (Å²) < 4.78 is 49.5. The molecule has 4 N–H and O–H groups in total. The number of pyridine rings is 1. The molecule has 4 rings (SSSR count). The monoisotopic (exact) mass is 465 g/mol. The Morgan fingerprint density at radius 2 is 2.09 bits per heavy atom. The molecule has 1 fully saturated rings. The summed E-state index contributed by atoms with van der Waals surface area (Å²) in [5, 5.41) is 17.2. The lowest BCUT2D eigenvalue weighted by Crippen LogP contribution is -2.63. The number of carbonyl (C=O) groups is 2. The van der Waals surface area contributed by atoms with E-state index in [-0.39, 0.29) is 36.1 Å². The summed E-state index contributed by atoms with van der Waals surface area (Å²) in [5.74, 6) is -2.00. The van der Waals surface area contributed by atoms with Crippen LogP contribution >= 0.6 is 0 Å². The Morgan fingerprint density at radius 1 is 1.33 bits per heavy atom. The van der Waals surface area contributed by atoms with E-state index < -0.39 is 35.4 Å². The van der Waals surface area contributed by atoms with Crippen molar-refractivity contribution in [2.45, 2.75) is 24.8 Å². The molecule has 10 nitrogen and oxygen atoms in total. The summed E-state index contributed by atoms with van der Waals surface area (Å²) in [7, 11) is 0. The first-order chi connectivity index (χ1) is 15.5. The van der Waals surface area contributed by atoms with Crippen LogP contribution in [0.5, 0.6) is 0 Å². The summed E-state index contributed by atoms with van der Waals surface area (Å²) in [6.45, 7) is 0.925. The van der Waals surface area contributed by atoms with Gasteiger partial charge in [0.25, 0.3) is 11.8 Å². The Balaban J connectivity index is 1.55. The number of morpholine rings is 1. The van der Waals surface area contributed by atoms with Crippen LogP contribution in [0.25, 0.3) is 11.0 Å². The molecule has 174 valence electrons. The second kappa shape index (κ2) is 8.01. The first-order valence-corrected chi connectivity index (χ1v) is 9.65. The number of aliphatic hydroxyl groups is 1. The number of amides is 2. The Morgan fingerprint density at radius 3 is 2.82 bits per heavy atom. The number of fused-ring (bicyclic) bond motifs is 1. The fourth-order valence-corrected chi connectivity index (χ4v) is 3.42. The highest BCUT2D eigenvalue weighted by atomic mass is 19.4. The molecule has 1 unspecified atom stereocenters. The van der Waals surface area contributed by atoms with E-state index >= 15 is 0 Å². The SMILES string of the molecule is C[C@]1(C(O)C(=O)Nc2ccc3c(N)noc3c2)OCCN(c2cccc(C(F)(F)F)n2)C1=O. The first-order valence-electron chi connectivity index (χ1n) is 9.65. The highest BCUT2D eigenvalue weighted by Crippen LogP contribution is 2.32. The Labute approximate surface area is 184 Å². The minimum absolute atomic E-state index is 0.110. The van der Waals surface area contributed by atoms with Gasteiger partial charge in [-0.2, -0.15) is 13.2 Å². The van der Waals surface area contributed by atoms with E-state index in [2.05, 4.69) is 15.5 Å². The van der Waals surface area contributed by atoms with Crippen LogP contribution in [0.1, 0.15) is 12.6 Å². The van der Waals surface area contributed by atoms with Gasteiger partial charge in [-0.25, -0.2) is 4.98 Å². The van der Waals surface area contributed by atoms with Crippen LogP contribution in [-0.4, -0.2) is 51.9 Å². The van der Waals surface area contributed by atoms with Gasteiger partial charge < -0.3 is 25.4 Å². The molecular weight excluding hydrogens is 447 g/mol. The summed E-state index contributed by atoms with van der Waals surface area (Å²) in [4.78, 5) is 30.2. The van der Waals surface area contributed by atoms with Crippen molar-refractivity contribution in [3.05, 3.63) is 42.1 Å². The van der Waals surface area contributed by atoms with E-state index in [0.717, 1.165) is 17.0 Å². The van der Waals surface area contributed by atoms with Gasteiger partial charge in [0.15, 0.2) is 23.1 Å². The molecule has 0 saturated carbocycles. The molecule has 1 aliphatic heterocycles. The largest absolute Gasteiger partial charge is 0.433 e. The maximum Gasteiger partial charge on any atom is 0.433 e. The molecule has 13 heteroatoms. The molecule has 3 heterocycles. The number of nitrogens with zero attached hydrogens (tertiary/aromatic N) is 3. The third-order valence-corrected chi connectivity index (χ3v) is 5.23. The highest BCUT2D eigenvalue weighted by molar-refractivity contribution is 6.06. The van der Waals surface area contributed by atoms with Crippen LogP contribution in [0.3, 0.4) is 0 Å². The van der Waals surface area contributed by atoms with Gasteiger partial charge in [-0.15, -0.1) is 0 Å². The highest BCUT2D eigenvalue weighted by Gasteiger charge is 2.51. The lowest BCUT2D eigenvalue weighted by molar-refractivity contribution is -0.170. The number of nitrogen functional groups attached to an aromatic ring is 1. The van der Waals surface area contributed by atoms with Crippen molar-refractivity contribution < 1.29 is 37.1 Å². The molecule has 0 aliphatic carbocycles. The minimum atomic E-state index is -4.71. The van der Waals surface area contributed by atoms with E-state index in [1.165, 1.54) is 25.1 Å². The summed E-state index contributed by atoms with van der Waals surface area (Å²) in [6.07, 6.45) is -6.70. The third kappa shape index (κ3) is 4.07. The molecule has 3 aromatic rings. The van der Waals surface area contributed by atoms with Crippen molar-refractivity contribution in [2.24, 2.45) is 0 Å². The number of carbonyl (C=O) groups excluding carboxylic acids is 2. The van der Waals surface area contributed by atoms with E-state index in [0.29, 0.717) is 5.39 Å². The van der Waals surface area contributed by atoms with Gasteiger partial charge in [0.05, 0.1) is 18.5 Å². The average molecular weight is 465 g/mol. The van der Waals surface area contributed by atoms with Crippen LogP contribution < -0.4 is 16.0 Å². The van der Waals surface area contributed by atoms with Crippen molar-refractivity contribution >= 4 is 40.1 Å². The second-order valence-electron chi connectivity index (χ2n) is 7.46. The molecule has 1 aromatic carbocycles. The fraction of sp³-hybridized carbons (Fsp3) is 0.300. The number of anilines is 3. The van der Waals surface area contributed by atoms with Crippen LogP contribution in [0.2, 0.25) is 0 Å². The fourth-order valence-electron chi connectivity index (χ4n) is 3.42. The van der Waals surface area contributed by atoms with Crippen molar-refractivity contribution in [1.29, 1.82) is 0 Å². The third-order valence-electron chi connectivity index (χ3n) is 5.23. The summed E-state index contributed by atoms with van der Waals surface area (Å²) >= 11 is 0. The number of ether oxygens (including phenoxy) is 1. The average Bonchev–Trinajstić information content (AvgIpc) is 3.14. The first kappa shape index (κ1) is 22.5. The number of nitrogens with one attached hydrogen (secondary N) is 1. The van der Waals surface area contributed by atoms with Crippen LogP contribution in [-0.2, 0) is 20.5 Å². The lowest BCUT2D eigenvalue weighted by atomic mass is 9.94. The lowest BCUT2D eigenvalue weighted by Gasteiger charge is -2.40. The Bertz CT molecular complexity index is 1230. The number of alkyl halides is 3. The standard InChI is InChI=1S/C20H18F3N5O5/c1-19(15(29)17(30)25-10-5-6-11-12(9-10)33-27-16(11)24)18(31)28(7-8-32-19)14-4-2-3-13(26-14)20(21,22)23/h2-6,9,15,29H,7-8H2,1H3,(H2,24,27)(H,25,30)/t15?,19-/m1/s1. The molecule has 0 bridgehead atoms. The molecule has 1 saturated heterocycles. The van der Waals surface area contributed by atoms with Crippen molar-refractivity contribution in [3.8, 4) is 0 Å². The predicted octanol–water partition coefficient (Wildman–Crippen LogP) is 1.95. The number of halogens is 3. The number of aliphatic hydroxyl groups excluding tert-OH is 1. The zero-order chi connectivity index (χ0) is 24.0. The van der Waals surface area contributed by atoms with Gasteiger partial charge in [0.2, 0.25) is 0 Å². The van der Waals surface area contributed by atoms with Gasteiger partial charge in [-0.05, 0) is 31.2 Å². The van der Waals surface area contributed by atoms with Crippen molar-refractivity contribution in [2.75, 3.05) is 29.1 Å². The Kier molecular flexibility index (Phi) is 5.46. The number of benzene rings is 1. The van der Waals surface area contributed by atoms with E-state index in [9.17, 15) is 27.9 Å². The molecule has 33 heavy (non-hydrogen) atoms.